The smallest absolute Gasteiger partial charge is 0.0571 e. The van der Waals surface area contributed by atoms with E-state index < -0.39 is 0 Å². The van der Waals surface area contributed by atoms with Crippen LogP contribution < -0.4 is 0 Å². The van der Waals surface area contributed by atoms with Gasteiger partial charge in [-0.1, -0.05) is 6.92 Å². The van der Waals surface area contributed by atoms with Crippen LogP contribution in [0, 0.1) is 5.92 Å². The van der Waals surface area contributed by atoms with Gasteiger partial charge in [0, 0.05) is 39.8 Å². The summed E-state index contributed by atoms with van der Waals surface area (Å²) >= 11 is 0. The molecule has 2 rings (SSSR count). The van der Waals surface area contributed by atoms with Gasteiger partial charge in [-0.3, -0.25) is 0 Å². The normalized spacial score (nSPS) is 32.8. The van der Waals surface area contributed by atoms with Crippen molar-refractivity contribution in [1.29, 1.82) is 0 Å². The molecule has 100 valence electrons. The number of hydrogen-bond acceptors (Lipinski definition) is 3. The van der Waals surface area contributed by atoms with Crippen LogP contribution in [0.3, 0.4) is 0 Å². The van der Waals surface area contributed by atoms with Gasteiger partial charge in [0.15, 0.2) is 0 Å². The molecule has 0 aromatic heterocycles. The van der Waals surface area contributed by atoms with Crippen LogP contribution in [0.5, 0.6) is 0 Å². The van der Waals surface area contributed by atoms with Crippen molar-refractivity contribution in [3.63, 3.8) is 0 Å². The van der Waals surface area contributed by atoms with E-state index in [1.165, 1.54) is 65.0 Å². The Bertz CT molecular complexity index is 184. The number of piperazine rings is 1. The van der Waals surface area contributed by atoms with E-state index in [9.17, 15) is 0 Å². The standard InChI is InChI=1S/C14H28N2O/c1-3-15-8-10-16(11-9-15)12-13-4-6-14(17-2)7-5-13/h13-14H,3-12H2,1-2H3/t13-,14-. The summed E-state index contributed by atoms with van der Waals surface area (Å²) in [7, 11) is 1.86. The molecule has 1 saturated heterocycles. The Morgan fingerprint density at radius 2 is 1.53 bits per heavy atom. The molecule has 0 unspecified atom stereocenters. The maximum absolute atomic E-state index is 5.44. The minimum Gasteiger partial charge on any atom is -0.381 e. The molecule has 0 aromatic rings. The maximum Gasteiger partial charge on any atom is 0.0571 e. The lowest BCUT2D eigenvalue weighted by Crippen LogP contribution is -2.47. The van der Waals surface area contributed by atoms with Crippen LogP contribution in [0.25, 0.3) is 0 Å². The van der Waals surface area contributed by atoms with Gasteiger partial charge in [0.2, 0.25) is 0 Å². The first kappa shape index (κ1) is 13.3. The fraction of sp³-hybridized carbons (Fsp3) is 1.00. The van der Waals surface area contributed by atoms with Crippen molar-refractivity contribution in [2.75, 3.05) is 46.4 Å². The lowest BCUT2D eigenvalue weighted by molar-refractivity contribution is 0.0439. The molecule has 1 saturated carbocycles. The number of nitrogens with zero attached hydrogens (tertiary/aromatic N) is 2. The van der Waals surface area contributed by atoms with Crippen LogP contribution >= 0.6 is 0 Å². The fourth-order valence-corrected chi connectivity index (χ4v) is 3.20. The molecule has 0 aromatic carbocycles. The molecular formula is C14H28N2O. The molecule has 1 heterocycles. The topological polar surface area (TPSA) is 15.7 Å². The van der Waals surface area contributed by atoms with Gasteiger partial charge in [0.25, 0.3) is 0 Å². The van der Waals surface area contributed by atoms with Crippen LogP contribution in [0.15, 0.2) is 0 Å². The largest absolute Gasteiger partial charge is 0.381 e. The molecule has 1 aliphatic heterocycles. The molecule has 0 bridgehead atoms. The minimum absolute atomic E-state index is 0.545. The zero-order valence-corrected chi connectivity index (χ0v) is 11.5. The van der Waals surface area contributed by atoms with Gasteiger partial charge >= 0.3 is 0 Å². The first-order valence-corrected chi connectivity index (χ1v) is 7.29. The molecule has 3 heteroatoms. The molecule has 0 N–H and O–H groups in total. The number of rotatable bonds is 4. The Hall–Kier alpha value is -0.120. The SMILES string of the molecule is CCN1CCN(C[C@H]2CC[C@H](OC)CC2)CC1. The highest BCUT2D eigenvalue weighted by Gasteiger charge is 2.24. The van der Waals surface area contributed by atoms with Crippen molar-refractivity contribution in [1.82, 2.24) is 9.80 Å². The van der Waals surface area contributed by atoms with Crippen molar-refractivity contribution in [3.05, 3.63) is 0 Å². The lowest BCUT2D eigenvalue weighted by atomic mass is 9.87. The molecule has 17 heavy (non-hydrogen) atoms. The Morgan fingerprint density at radius 1 is 0.941 bits per heavy atom. The van der Waals surface area contributed by atoms with Gasteiger partial charge in [-0.05, 0) is 38.1 Å². The Balaban J connectivity index is 1.65. The van der Waals surface area contributed by atoms with Crippen molar-refractivity contribution < 1.29 is 4.74 Å². The lowest BCUT2D eigenvalue weighted by Gasteiger charge is -2.37. The summed E-state index contributed by atoms with van der Waals surface area (Å²) < 4.78 is 5.44. The first-order chi connectivity index (χ1) is 8.31. The second-order valence-electron chi connectivity index (χ2n) is 5.61. The van der Waals surface area contributed by atoms with Gasteiger partial charge in [0.1, 0.15) is 0 Å². The average Bonchev–Trinajstić information content (AvgIpc) is 2.40. The van der Waals surface area contributed by atoms with E-state index in [0.717, 1.165) is 5.92 Å². The van der Waals surface area contributed by atoms with Gasteiger partial charge in [-0.15, -0.1) is 0 Å². The van der Waals surface area contributed by atoms with E-state index in [-0.39, 0.29) is 0 Å². The van der Waals surface area contributed by atoms with Crippen LogP contribution in [0.1, 0.15) is 32.6 Å². The van der Waals surface area contributed by atoms with Gasteiger partial charge in [0.05, 0.1) is 6.10 Å². The Labute approximate surface area is 106 Å². The van der Waals surface area contributed by atoms with Crippen LogP contribution in [0.2, 0.25) is 0 Å². The fourth-order valence-electron chi connectivity index (χ4n) is 3.20. The quantitative estimate of drug-likeness (QED) is 0.745. The molecule has 2 fully saturated rings. The Morgan fingerprint density at radius 3 is 2.06 bits per heavy atom. The monoisotopic (exact) mass is 240 g/mol. The van der Waals surface area contributed by atoms with Crippen LogP contribution in [0.4, 0.5) is 0 Å². The molecule has 3 nitrogen and oxygen atoms in total. The molecule has 2 aliphatic rings. The average molecular weight is 240 g/mol. The van der Waals surface area contributed by atoms with Crippen LogP contribution in [-0.4, -0.2) is 62.3 Å². The second-order valence-corrected chi connectivity index (χ2v) is 5.61. The zero-order chi connectivity index (χ0) is 12.1. The summed E-state index contributed by atoms with van der Waals surface area (Å²) in [4.78, 5) is 5.22. The minimum atomic E-state index is 0.545. The third-order valence-electron chi connectivity index (χ3n) is 4.56. The van der Waals surface area contributed by atoms with Crippen molar-refractivity contribution in [2.45, 2.75) is 38.7 Å². The van der Waals surface area contributed by atoms with Gasteiger partial charge < -0.3 is 14.5 Å². The molecule has 0 radical (unpaired) electrons. The van der Waals surface area contributed by atoms with E-state index in [0.29, 0.717) is 6.10 Å². The highest BCUT2D eigenvalue weighted by Crippen LogP contribution is 2.26. The summed E-state index contributed by atoms with van der Waals surface area (Å²) in [5, 5.41) is 0. The number of likely N-dealkylation sites (N-methyl/N-ethyl adjacent to an activating group) is 1. The molecule has 0 amide bonds. The molecular weight excluding hydrogens is 212 g/mol. The van der Waals surface area contributed by atoms with Gasteiger partial charge in [-0.25, -0.2) is 0 Å². The molecule has 1 aliphatic carbocycles. The predicted molar refractivity (Wildman–Crippen MR) is 71.3 cm³/mol. The third-order valence-corrected chi connectivity index (χ3v) is 4.56. The summed E-state index contributed by atoms with van der Waals surface area (Å²) in [5.74, 6) is 0.926. The number of ether oxygens (including phenoxy) is 1. The van der Waals surface area contributed by atoms with E-state index >= 15 is 0 Å². The number of methoxy groups -OCH3 is 1. The highest BCUT2D eigenvalue weighted by molar-refractivity contribution is 4.78. The first-order valence-electron chi connectivity index (χ1n) is 7.29. The summed E-state index contributed by atoms with van der Waals surface area (Å²) in [5.41, 5.74) is 0. The molecule has 0 atom stereocenters. The number of hydrogen-bond donors (Lipinski definition) is 0. The van der Waals surface area contributed by atoms with Crippen molar-refractivity contribution >= 4 is 0 Å². The van der Waals surface area contributed by atoms with E-state index in [1.807, 2.05) is 7.11 Å². The zero-order valence-electron chi connectivity index (χ0n) is 11.5. The van der Waals surface area contributed by atoms with E-state index in [2.05, 4.69) is 16.7 Å². The van der Waals surface area contributed by atoms with E-state index in [4.69, 9.17) is 4.74 Å². The predicted octanol–water partition coefficient (Wildman–Crippen LogP) is 1.83. The van der Waals surface area contributed by atoms with Gasteiger partial charge in [-0.2, -0.15) is 0 Å². The summed E-state index contributed by atoms with van der Waals surface area (Å²) in [6, 6.07) is 0. The summed E-state index contributed by atoms with van der Waals surface area (Å²) in [6.45, 7) is 9.90. The van der Waals surface area contributed by atoms with Crippen molar-refractivity contribution in [2.24, 2.45) is 5.92 Å². The van der Waals surface area contributed by atoms with Crippen LogP contribution in [-0.2, 0) is 4.74 Å². The third kappa shape index (κ3) is 3.94. The highest BCUT2D eigenvalue weighted by atomic mass is 16.5. The molecule has 0 spiro atoms. The Kier molecular flexibility index (Phi) is 5.26. The second kappa shape index (κ2) is 6.72. The van der Waals surface area contributed by atoms with E-state index in [1.54, 1.807) is 0 Å². The van der Waals surface area contributed by atoms with Crippen molar-refractivity contribution in [3.8, 4) is 0 Å². The summed E-state index contributed by atoms with van der Waals surface area (Å²) in [6.07, 6.45) is 5.83. The maximum atomic E-state index is 5.44.